The maximum Gasteiger partial charge on any atom is 0.224 e. The van der Waals surface area contributed by atoms with Gasteiger partial charge in [-0.2, -0.15) is 5.26 Å². The Morgan fingerprint density at radius 3 is 2.88 bits per heavy atom. The Bertz CT molecular complexity index is 667. The van der Waals surface area contributed by atoms with Crippen molar-refractivity contribution in [2.75, 3.05) is 53.0 Å². The van der Waals surface area contributed by atoms with Crippen LogP contribution in [0, 0.1) is 11.3 Å². The molecule has 26 heavy (non-hydrogen) atoms. The molecule has 1 aromatic carbocycles. The minimum Gasteiger partial charge on any atom is -0.495 e. The zero-order chi connectivity index (χ0) is 18.4. The summed E-state index contributed by atoms with van der Waals surface area (Å²) in [4.78, 5) is 16.5. The lowest BCUT2D eigenvalue weighted by molar-refractivity contribution is -0.128. The van der Waals surface area contributed by atoms with E-state index in [0.717, 1.165) is 51.5 Å². The van der Waals surface area contributed by atoms with E-state index in [4.69, 9.17) is 9.47 Å². The average Bonchev–Trinajstić information content (AvgIpc) is 3.05. The maximum atomic E-state index is 12.2. The van der Waals surface area contributed by atoms with Gasteiger partial charge in [0.2, 0.25) is 5.91 Å². The fourth-order valence-corrected chi connectivity index (χ4v) is 3.43. The van der Waals surface area contributed by atoms with E-state index in [9.17, 15) is 10.1 Å². The van der Waals surface area contributed by atoms with Crippen molar-refractivity contribution in [1.82, 2.24) is 15.1 Å². The molecule has 2 aliphatic heterocycles. The minimum atomic E-state index is 0.153. The summed E-state index contributed by atoms with van der Waals surface area (Å²) in [6, 6.07) is 7.89. The molecule has 1 amide bonds. The molecule has 7 heteroatoms. The number of methoxy groups -OCH3 is 1. The molecule has 2 heterocycles. The third kappa shape index (κ3) is 4.73. The van der Waals surface area contributed by atoms with Crippen molar-refractivity contribution in [3.8, 4) is 11.8 Å². The molecule has 0 spiro atoms. The molecule has 2 fully saturated rings. The van der Waals surface area contributed by atoms with E-state index in [1.165, 1.54) is 0 Å². The van der Waals surface area contributed by atoms with Crippen LogP contribution in [0.2, 0.25) is 0 Å². The van der Waals surface area contributed by atoms with Crippen molar-refractivity contribution in [1.29, 1.82) is 5.26 Å². The van der Waals surface area contributed by atoms with Crippen LogP contribution < -0.4 is 10.1 Å². The van der Waals surface area contributed by atoms with Crippen molar-refractivity contribution in [2.45, 2.75) is 19.0 Å². The van der Waals surface area contributed by atoms with Crippen molar-refractivity contribution < 1.29 is 14.3 Å². The number of likely N-dealkylation sites (tertiary alicyclic amines) is 1. The molecule has 2 aliphatic rings. The zero-order valence-electron chi connectivity index (χ0n) is 15.2. The first-order chi connectivity index (χ1) is 12.7. The van der Waals surface area contributed by atoms with Crippen LogP contribution in [0.4, 0.5) is 0 Å². The smallest absolute Gasteiger partial charge is 0.224 e. The van der Waals surface area contributed by atoms with Crippen LogP contribution in [0.15, 0.2) is 18.2 Å². The monoisotopic (exact) mass is 358 g/mol. The highest BCUT2D eigenvalue weighted by Crippen LogP contribution is 2.19. The Morgan fingerprint density at radius 1 is 1.35 bits per heavy atom. The van der Waals surface area contributed by atoms with Crippen molar-refractivity contribution in [3.05, 3.63) is 29.3 Å². The Hall–Kier alpha value is -2.14. The molecule has 0 radical (unpaired) electrons. The van der Waals surface area contributed by atoms with E-state index in [1.54, 1.807) is 7.11 Å². The van der Waals surface area contributed by atoms with Gasteiger partial charge in [-0.25, -0.2) is 0 Å². The van der Waals surface area contributed by atoms with Crippen LogP contribution in [-0.2, 0) is 16.1 Å². The highest BCUT2D eigenvalue weighted by Gasteiger charge is 2.29. The largest absolute Gasteiger partial charge is 0.495 e. The predicted molar refractivity (Wildman–Crippen MR) is 96.8 cm³/mol. The van der Waals surface area contributed by atoms with E-state index in [1.807, 2.05) is 23.1 Å². The molecular formula is C19H26N4O3. The molecule has 0 unspecified atom stereocenters. The number of nitriles is 1. The number of hydrogen-bond donors (Lipinski definition) is 1. The number of nitrogens with zero attached hydrogens (tertiary/aromatic N) is 3. The third-order valence-electron chi connectivity index (χ3n) is 4.98. The molecule has 7 nitrogen and oxygen atoms in total. The van der Waals surface area contributed by atoms with Crippen LogP contribution in [-0.4, -0.2) is 74.8 Å². The van der Waals surface area contributed by atoms with E-state index in [0.29, 0.717) is 24.3 Å². The number of carbonyl (C=O) groups is 1. The van der Waals surface area contributed by atoms with E-state index < -0.39 is 0 Å². The topological polar surface area (TPSA) is 77.8 Å². The standard InChI is InChI=1S/C19H26N4O3/c1-25-18-3-2-15(10-16(18)12-20)13-21-17-11-19(24)23(14-17)5-4-22-6-8-26-9-7-22/h2-3,10,17,21H,4-9,11,13-14H2,1H3/t17-/m0/s1. The Kier molecular flexibility index (Phi) is 6.45. The second-order valence-corrected chi connectivity index (χ2v) is 6.72. The van der Waals surface area contributed by atoms with E-state index in [-0.39, 0.29) is 11.9 Å². The fourth-order valence-electron chi connectivity index (χ4n) is 3.43. The molecule has 0 bridgehead atoms. The molecule has 0 aliphatic carbocycles. The predicted octanol–water partition coefficient (Wildman–Crippen LogP) is 0.590. The fraction of sp³-hybridized carbons (Fsp3) is 0.579. The summed E-state index contributed by atoms with van der Waals surface area (Å²) in [5, 5.41) is 12.6. The normalized spacial score (nSPS) is 21.0. The van der Waals surface area contributed by atoms with E-state index >= 15 is 0 Å². The molecule has 0 aromatic heterocycles. The lowest BCUT2D eigenvalue weighted by Gasteiger charge is -2.28. The van der Waals surface area contributed by atoms with Crippen molar-refractivity contribution in [2.24, 2.45) is 0 Å². The molecule has 3 rings (SSSR count). The molecule has 2 saturated heterocycles. The van der Waals surface area contributed by atoms with Gasteiger partial charge >= 0.3 is 0 Å². The van der Waals surface area contributed by atoms with Gasteiger partial charge in [0.15, 0.2) is 0 Å². The SMILES string of the molecule is COc1ccc(CN[C@H]2CC(=O)N(CCN3CCOCC3)C2)cc1C#N. The molecule has 1 aromatic rings. The van der Waals surface area contributed by atoms with Gasteiger partial charge < -0.3 is 19.7 Å². The lowest BCUT2D eigenvalue weighted by Crippen LogP contribution is -2.42. The number of carbonyl (C=O) groups excluding carboxylic acids is 1. The Morgan fingerprint density at radius 2 is 2.15 bits per heavy atom. The third-order valence-corrected chi connectivity index (χ3v) is 4.98. The number of rotatable bonds is 7. The Balaban J connectivity index is 1.46. The quantitative estimate of drug-likeness (QED) is 0.769. The van der Waals surface area contributed by atoms with Gasteiger partial charge in [-0.05, 0) is 17.7 Å². The summed E-state index contributed by atoms with van der Waals surface area (Å²) in [6.07, 6.45) is 0.532. The number of morpholine rings is 1. The van der Waals surface area contributed by atoms with Crippen molar-refractivity contribution >= 4 is 5.91 Å². The number of amides is 1. The van der Waals surface area contributed by atoms with Gasteiger partial charge in [0.1, 0.15) is 11.8 Å². The first-order valence-corrected chi connectivity index (χ1v) is 9.08. The summed E-state index contributed by atoms with van der Waals surface area (Å²) in [5.74, 6) is 0.796. The highest BCUT2D eigenvalue weighted by atomic mass is 16.5. The highest BCUT2D eigenvalue weighted by molar-refractivity contribution is 5.79. The first kappa shape index (κ1) is 18.6. The van der Waals surface area contributed by atoms with Gasteiger partial charge in [-0.1, -0.05) is 6.07 Å². The first-order valence-electron chi connectivity index (χ1n) is 9.08. The number of hydrogen-bond acceptors (Lipinski definition) is 6. The van der Waals surface area contributed by atoms with Crippen molar-refractivity contribution in [3.63, 3.8) is 0 Å². The van der Waals surface area contributed by atoms with Crippen LogP contribution in [0.25, 0.3) is 0 Å². The lowest BCUT2D eigenvalue weighted by atomic mass is 10.1. The maximum absolute atomic E-state index is 12.2. The Labute approximate surface area is 154 Å². The van der Waals surface area contributed by atoms with Gasteiger partial charge in [0.05, 0.1) is 25.9 Å². The van der Waals surface area contributed by atoms with Crippen LogP contribution >= 0.6 is 0 Å². The number of nitrogens with one attached hydrogen (secondary N) is 1. The summed E-state index contributed by atoms with van der Waals surface area (Å²) < 4.78 is 10.5. The van der Waals surface area contributed by atoms with E-state index in [2.05, 4.69) is 16.3 Å². The van der Waals surface area contributed by atoms with Crippen LogP contribution in [0.1, 0.15) is 17.5 Å². The summed E-state index contributed by atoms with van der Waals surface area (Å²) >= 11 is 0. The van der Waals surface area contributed by atoms with Gasteiger partial charge in [0, 0.05) is 51.7 Å². The summed E-state index contributed by atoms with van der Waals surface area (Å²) in [7, 11) is 1.56. The summed E-state index contributed by atoms with van der Waals surface area (Å²) in [6.45, 7) is 6.52. The minimum absolute atomic E-state index is 0.153. The second kappa shape index (κ2) is 8.99. The zero-order valence-corrected chi connectivity index (χ0v) is 15.2. The van der Waals surface area contributed by atoms with Crippen LogP contribution in [0.3, 0.4) is 0 Å². The molecule has 0 saturated carbocycles. The molecule has 140 valence electrons. The number of benzene rings is 1. The molecule has 1 N–H and O–H groups in total. The van der Waals surface area contributed by atoms with Gasteiger partial charge in [-0.15, -0.1) is 0 Å². The van der Waals surface area contributed by atoms with Gasteiger partial charge in [0.25, 0.3) is 0 Å². The van der Waals surface area contributed by atoms with Crippen LogP contribution in [0.5, 0.6) is 5.75 Å². The molecular weight excluding hydrogens is 332 g/mol. The average molecular weight is 358 g/mol. The molecule has 1 atom stereocenters. The summed E-state index contributed by atoms with van der Waals surface area (Å²) in [5.41, 5.74) is 1.54. The second-order valence-electron chi connectivity index (χ2n) is 6.72. The number of ether oxygens (including phenoxy) is 2. The van der Waals surface area contributed by atoms with Gasteiger partial charge in [-0.3, -0.25) is 9.69 Å².